The number of likely N-dealkylation sites (tertiary alicyclic amines) is 1. The first-order valence-corrected chi connectivity index (χ1v) is 9.22. The number of nitrogens with one attached hydrogen (secondary N) is 1. The summed E-state index contributed by atoms with van der Waals surface area (Å²) >= 11 is 0. The number of pyridine rings is 1. The van der Waals surface area contributed by atoms with Gasteiger partial charge in [-0.1, -0.05) is 6.07 Å². The summed E-state index contributed by atoms with van der Waals surface area (Å²) in [6.45, 7) is 5.80. The number of urea groups is 1. The van der Waals surface area contributed by atoms with Gasteiger partial charge in [0.05, 0.1) is 11.3 Å². The van der Waals surface area contributed by atoms with Gasteiger partial charge >= 0.3 is 6.03 Å². The van der Waals surface area contributed by atoms with Gasteiger partial charge in [-0.25, -0.2) is 4.79 Å². The lowest BCUT2D eigenvalue weighted by Gasteiger charge is -2.46. The predicted octanol–water partition coefficient (Wildman–Crippen LogP) is 2.17. The van der Waals surface area contributed by atoms with Crippen molar-refractivity contribution < 1.29 is 9.53 Å². The van der Waals surface area contributed by atoms with Gasteiger partial charge in [0.25, 0.3) is 0 Å². The van der Waals surface area contributed by atoms with Crippen molar-refractivity contribution in [2.75, 3.05) is 33.8 Å². The lowest BCUT2D eigenvalue weighted by Crippen LogP contribution is -2.54. The summed E-state index contributed by atoms with van der Waals surface area (Å²) in [6, 6.07) is 4.32. The minimum Gasteiger partial charge on any atom is -0.375 e. The Bertz CT molecular complexity index is 597. The average Bonchev–Trinajstić information content (AvgIpc) is 2.59. The topological polar surface area (TPSA) is 57.7 Å². The van der Waals surface area contributed by atoms with Gasteiger partial charge in [-0.15, -0.1) is 0 Å². The van der Waals surface area contributed by atoms with Crippen molar-refractivity contribution in [3.05, 3.63) is 29.6 Å². The molecule has 0 radical (unpaired) electrons. The zero-order valence-electron chi connectivity index (χ0n) is 15.6. The number of carbonyl (C=O) groups is 1. The molecular weight excluding hydrogens is 316 g/mol. The highest BCUT2D eigenvalue weighted by atomic mass is 16.5. The Kier molecular flexibility index (Phi) is 5.59. The Morgan fingerprint density at radius 1 is 1.44 bits per heavy atom. The SMILES string of the molecule is Cc1cccnc1CN1CCC2(CC1)CC(NC(=O)N(C)C)CCO2. The van der Waals surface area contributed by atoms with E-state index in [2.05, 4.69) is 28.2 Å². The van der Waals surface area contributed by atoms with Gasteiger partial charge in [0, 0.05) is 52.6 Å². The molecule has 1 aromatic rings. The summed E-state index contributed by atoms with van der Waals surface area (Å²) in [5.41, 5.74) is 2.35. The van der Waals surface area contributed by atoms with Crippen molar-refractivity contribution in [3.63, 3.8) is 0 Å². The van der Waals surface area contributed by atoms with Gasteiger partial charge in [-0.3, -0.25) is 9.88 Å². The molecule has 0 aliphatic carbocycles. The van der Waals surface area contributed by atoms with Crippen LogP contribution in [0.4, 0.5) is 4.79 Å². The Morgan fingerprint density at radius 2 is 2.20 bits per heavy atom. The molecule has 2 saturated heterocycles. The third-order valence-corrected chi connectivity index (χ3v) is 5.49. The van der Waals surface area contributed by atoms with Crippen molar-refractivity contribution in [2.24, 2.45) is 0 Å². The number of hydrogen-bond donors (Lipinski definition) is 1. The quantitative estimate of drug-likeness (QED) is 0.911. The van der Waals surface area contributed by atoms with Gasteiger partial charge in [-0.2, -0.15) is 0 Å². The summed E-state index contributed by atoms with van der Waals surface area (Å²) in [4.78, 5) is 20.5. The van der Waals surface area contributed by atoms with Crippen LogP contribution in [0.25, 0.3) is 0 Å². The molecule has 2 aliphatic heterocycles. The lowest BCUT2D eigenvalue weighted by atomic mass is 9.82. The Morgan fingerprint density at radius 3 is 2.88 bits per heavy atom. The van der Waals surface area contributed by atoms with Gasteiger partial charge in [-0.05, 0) is 44.2 Å². The van der Waals surface area contributed by atoms with E-state index in [1.807, 2.05) is 12.3 Å². The van der Waals surface area contributed by atoms with Crippen LogP contribution < -0.4 is 5.32 Å². The van der Waals surface area contributed by atoms with Crippen molar-refractivity contribution in [1.82, 2.24) is 20.1 Å². The number of carbonyl (C=O) groups excluding carboxylic acids is 1. The molecule has 25 heavy (non-hydrogen) atoms. The third-order valence-electron chi connectivity index (χ3n) is 5.49. The van der Waals surface area contributed by atoms with E-state index in [9.17, 15) is 4.79 Å². The maximum atomic E-state index is 11.9. The molecule has 0 saturated carbocycles. The van der Waals surface area contributed by atoms with E-state index in [0.717, 1.165) is 51.9 Å². The van der Waals surface area contributed by atoms with E-state index in [1.54, 1.807) is 19.0 Å². The number of piperidine rings is 1. The largest absolute Gasteiger partial charge is 0.375 e. The van der Waals surface area contributed by atoms with E-state index < -0.39 is 0 Å². The summed E-state index contributed by atoms with van der Waals surface area (Å²) in [5.74, 6) is 0. The summed E-state index contributed by atoms with van der Waals surface area (Å²) in [5, 5.41) is 3.13. The van der Waals surface area contributed by atoms with Crippen molar-refractivity contribution >= 4 is 6.03 Å². The highest BCUT2D eigenvalue weighted by molar-refractivity contribution is 5.73. The molecule has 6 heteroatoms. The van der Waals surface area contributed by atoms with E-state index in [0.29, 0.717) is 0 Å². The molecule has 6 nitrogen and oxygen atoms in total. The minimum atomic E-state index is -0.0713. The molecular formula is C19H30N4O2. The maximum Gasteiger partial charge on any atom is 0.317 e. The molecule has 2 aliphatic rings. The van der Waals surface area contributed by atoms with E-state index in [-0.39, 0.29) is 17.7 Å². The number of aromatic nitrogens is 1. The minimum absolute atomic E-state index is 0.00915. The van der Waals surface area contributed by atoms with Crippen LogP contribution in [0.1, 0.15) is 36.9 Å². The van der Waals surface area contributed by atoms with Crippen LogP contribution in [-0.2, 0) is 11.3 Å². The Labute approximate surface area is 150 Å². The second kappa shape index (κ2) is 7.70. The van der Waals surface area contributed by atoms with Crippen LogP contribution in [0.5, 0.6) is 0 Å². The molecule has 1 aromatic heterocycles. The molecule has 1 N–H and O–H groups in total. The monoisotopic (exact) mass is 346 g/mol. The number of amides is 2. The standard InChI is InChI=1S/C19H30N4O2/c1-15-5-4-9-20-17(15)14-23-10-7-19(8-11-23)13-16(6-12-25-19)21-18(24)22(2)3/h4-5,9,16H,6-8,10-14H2,1-3H3,(H,21,24). The van der Waals surface area contributed by atoms with E-state index in [4.69, 9.17) is 4.74 Å². The van der Waals surface area contributed by atoms with Crippen LogP contribution in [0, 0.1) is 6.92 Å². The Hall–Kier alpha value is -1.66. The molecule has 3 heterocycles. The highest BCUT2D eigenvalue weighted by Crippen LogP contribution is 2.35. The maximum absolute atomic E-state index is 11.9. The van der Waals surface area contributed by atoms with Crippen molar-refractivity contribution in [3.8, 4) is 0 Å². The molecule has 138 valence electrons. The molecule has 3 rings (SSSR count). The van der Waals surface area contributed by atoms with E-state index >= 15 is 0 Å². The van der Waals surface area contributed by atoms with Crippen LogP contribution in [0.2, 0.25) is 0 Å². The van der Waals surface area contributed by atoms with Gasteiger partial charge in [0.2, 0.25) is 0 Å². The molecule has 2 amide bonds. The third kappa shape index (κ3) is 4.50. The molecule has 1 unspecified atom stereocenters. The predicted molar refractivity (Wildman–Crippen MR) is 97.4 cm³/mol. The fraction of sp³-hybridized carbons (Fsp3) is 0.684. The number of hydrogen-bond acceptors (Lipinski definition) is 4. The van der Waals surface area contributed by atoms with Gasteiger partial charge in [0.1, 0.15) is 0 Å². The molecule has 1 spiro atoms. The van der Waals surface area contributed by atoms with Crippen LogP contribution >= 0.6 is 0 Å². The Balaban J connectivity index is 1.53. The van der Waals surface area contributed by atoms with Crippen molar-refractivity contribution in [2.45, 2.75) is 50.8 Å². The summed E-state index contributed by atoms with van der Waals surface area (Å²) < 4.78 is 6.19. The first-order valence-electron chi connectivity index (χ1n) is 9.22. The fourth-order valence-corrected chi connectivity index (χ4v) is 3.82. The molecule has 2 fully saturated rings. The van der Waals surface area contributed by atoms with Crippen LogP contribution in [-0.4, -0.2) is 66.2 Å². The zero-order chi connectivity index (χ0) is 17.9. The average molecular weight is 346 g/mol. The summed E-state index contributed by atoms with van der Waals surface area (Å²) in [7, 11) is 3.56. The normalized spacial score (nSPS) is 23.4. The lowest BCUT2D eigenvalue weighted by molar-refractivity contribution is -0.119. The zero-order valence-corrected chi connectivity index (χ0v) is 15.6. The van der Waals surface area contributed by atoms with Gasteiger partial charge in [0.15, 0.2) is 0 Å². The first kappa shape index (κ1) is 18.1. The number of ether oxygens (including phenoxy) is 1. The second-order valence-corrected chi connectivity index (χ2v) is 7.61. The first-order chi connectivity index (χ1) is 12.0. The fourth-order valence-electron chi connectivity index (χ4n) is 3.82. The van der Waals surface area contributed by atoms with Crippen LogP contribution in [0.15, 0.2) is 18.3 Å². The number of rotatable bonds is 3. The number of nitrogens with zero attached hydrogens (tertiary/aromatic N) is 3. The highest BCUT2D eigenvalue weighted by Gasteiger charge is 2.40. The second-order valence-electron chi connectivity index (χ2n) is 7.61. The van der Waals surface area contributed by atoms with E-state index in [1.165, 1.54) is 11.3 Å². The molecule has 1 atom stereocenters. The molecule has 0 bridgehead atoms. The van der Waals surface area contributed by atoms with Crippen molar-refractivity contribution in [1.29, 1.82) is 0 Å². The number of aryl methyl sites for hydroxylation is 1. The van der Waals surface area contributed by atoms with Gasteiger partial charge < -0.3 is 15.0 Å². The molecule has 0 aromatic carbocycles. The summed E-state index contributed by atoms with van der Waals surface area (Å²) in [6.07, 6.45) is 5.73. The smallest absolute Gasteiger partial charge is 0.317 e. The van der Waals surface area contributed by atoms with Crippen LogP contribution in [0.3, 0.4) is 0 Å².